The van der Waals surface area contributed by atoms with Crippen LogP contribution in [0.15, 0.2) is 30.3 Å². The lowest BCUT2D eigenvalue weighted by atomic mass is 9.94. The van der Waals surface area contributed by atoms with E-state index in [4.69, 9.17) is 4.74 Å². The molecule has 0 bridgehead atoms. The Morgan fingerprint density at radius 1 is 1.18 bits per heavy atom. The first-order chi connectivity index (χ1) is 10.4. The van der Waals surface area contributed by atoms with Crippen LogP contribution in [0.3, 0.4) is 0 Å². The van der Waals surface area contributed by atoms with Gasteiger partial charge in [0, 0.05) is 25.9 Å². The summed E-state index contributed by atoms with van der Waals surface area (Å²) in [4.78, 5) is 25.8. The van der Waals surface area contributed by atoms with Crippen LogP contribution in [0.4, 0.5) is 0 Å². The van der Waals surface area contributed by atoms with Gasteiger partial charge in [0.25, 0.3) is 5.91 Å². The highest BCUT2D eigenvalue weighted by Crippen LogP contribution is 2.28. The Bertz CT molecular complexity index is 524. The van der Waals surface area contributed by atoms with Crippen molar-refractivity contribution in [2.24, 2.45) is 0 Å². The summed E-state index contributed by atoms with van der Waals surface area (Å²) < 4.78 is 5.20. The molecule has 1 atom stereocenters. The number of carbonyl (C=O) groups excluding carboxylic acids is 2. The van der Waals surface area contributed by atoms with Crippen LogP contribution in [0.1, 0.15) is 51.5 Å². The fraction of sp³-hybridized carbons (Fsp3) is 0.556. The highest BCUT2D eigenvalue weighted by Gasteiger charge is 2.36. The molecule has 1 saturated heterocycles. The van der Waals surface area contributed by atoms with Crippen LogP contribution in [0.5, 0.6) is 0 Å². The second-order valence-electron chi connectivity index (χ2n) is 6.46. The number of nitrogens with zero attached hydrogens (tertiary/aromatic N) is 1. The molecule has 4 heteroatoms. The molecular weight excluding hydrogens is 278 g/mol. The van der Waals surface area contributed by atoms with Crippen molar-refractivity contribution in [2.45, 2.75) is 51.6 Å². The van der Waals surface area contributed by atoms with E-state index in [0.717, 1.165) is 25.8 Å². The fourth-order valence-electron chi connectivity index (χ4n) is 3.11. The molecule has 0 radical (unpaired) electrons. The molecule has 1 aliphatic rings. The lowest BCUT2D eigenvalue weighted by Crippen LogP contribution is -2.48. The molecule has 0 aliphatic carbocycles. The van der Waals surface area contributed by atoms with Gasteiger partial charge in [-0.3, -0.25) is 9.59 Å². The third-order valence-electron chi connectivity index (χ3n) is 4.14. The molecule has 1 aromatic carbocycles. The van der Waals surface area contributed by atoms with Crippen molar-refractivity contribution in [3.05, 3.63) is 35.9 Å². The van der Waals surface area contributed by atoms with Crippen LogP contribution >= 0.6 is 0 Å². The smallest absolute Gasteiger partial charge is 0.303 e. The van der Waals surface area contributed by atoms with Gasteiger partial charge in [-0.15, -0.1) is 0 Å². The van der Waals surface area contributed by atoms with Crippen molar-refractivity contribution in [1.82, 2.24) is 4.90 Å². The monoisotopic (exact) mass is 303 g/mol. The minimum absolute atomic E-state index is 0.106. The van der Waals surface area contributed by atoms with Gasteiger partial charge in [0.05, 0.1) is 0 Å². The van der Waals surface area contributed by atoms with Gasteiger partial charge in [0.2, 0.25) is 0 Å². The molecule has 1 amide bonds. The van der Waals surface area contributed by atoms with Crippen LogP contribution < -0.4 is 0 Å². The average Bonchev–Trinajstić information content (AvgIpc) is 2.72. The lowest BCUT2D eigenvalue weighted by molar-refractivity contribution is -0.168. The van der Waals surface area contributed by atoms with Crippen LogP contribution in [0, 0.1) is 0 Å². The van der Waals surface area contributed by atoms with Crippen molar-refractivity contribution in [1.29, 1.82) is 0 Å². The first-order valence-electron chi connectivity index (χ1n) is 7.94. The normalized spacial score (nSPS) is 19.4. The summed E-state index contributed by atoms with van der Waals surface area (Å²) in [5.74, 6) is -0.181. The first kappa shape index (κ1) is 16.5. The Balaban J connectivity index is 2.13. The van der Waals surface area contributed by atoms with Crippen LogP contribution in [0.2, 0.25) is 0 Å². The van der Waals surface area contributed by atoms with Gasteiger partial charge in [0.1, 0.15) is 0 Å². The van der Waals surface area contributed by atoms with E-state index in [1.54, 1.807) is 13.8 Å². The second-order valence-corrected chi connectivity index (χ2v) is 6.46. The number of esters is 1. The van der Waals surface area contributed by atoms with Crippen molar-refractivity contribution in [3.8, 4) is 0 Å². The summed E-state index contributed by atoms with van der Waals surface area (Å²) in [5.41, 5.74) is 0.171. The Kier molecular flexibility index (Phi) is 5.22. The van der Waals surface area contributed by atoms with Crippen LogP contribution in [-0.4, -0.2) is 35.5 Å². The standard InChI is InChI=1S/C18H25NO3/c1-14(20)22-18(2,3)17(21)19-12-8-7-11-16(13-19)15-9-5-4-6-10-15/h4-6,9-10,16H,7-8,11-13H2,1-3H3/t16-/m0/s1. The Hall–Kier alpha value is -1.84. The van der Waals surface area contributed by atoms with E-state index in [9.17, 15) is 9.59 Å². The molecule has 0 unspecified atom stereocenters. The third-order valence-corrected chi connectivity index (χ3v) is 4.14. The minimum atomic E-state index is -1.10. The van der Waals surface area contributed by atoms with Crippen molar-refractivity contribution >= 4 is 11.9 Å². The average molecular weight is 303 g/mol. The quantitative estimate of drug-likeness (QED) is 0.806. The van der Waals surface area contributed by atoms with Crippen molar-refractivity contribution in [2.75, 3.05) is 13.1 Å². The number of carbonyl (C=O) groups is 2. The van der Waals surface area contributed by atoms with Gasteiger partial charge < -0.3 is 9.64 Å². The molecule has 2 rings (SSSR count). The molecule has 1 heterocycles. The summed E-state index contributed by atoms with van der Waals surface area (Å²) in [6, 6.07) is 10.3. The largest absolute Gasteiger partial charge is 0.450 e. The molecule has 0 saturated carbocycles. The Labute approximate surface area is 132 Å². The Morgan fingerprint density at radius 3 is 2.50 bits per heavy atom. The molecule has 0 N–H and O–H groups in total. The molecule has 120 valence electrons. The summed E-state index contributed by atoms with van der Waals surface area (Å²) in [7, 11) is 0. The highest BCUT2D eigenvalue weighted by molar-refractivity contribution is 5.86. The van der Waals surface area contributed by atoms with Crippen LogP contribution in [0.25, 0.3) is 0 Å². The van der Waals surface area contributed by atoms with E-state index >= 15 is 0 Å². The molecule has 0 aromatic heterocycles. The van der Waals surface area contributed by atoms with Gasteiger partial charge in [0.15, 0.2) is 5.60 Å². The predicted octanol–water partition coefficient (Wildman–Crippen LogP) is 3.12. The predicted molar refractivity (Wildman–Crippen MR) is 85.5 cm³/mol. The molecule has 22 heavy (non-hydrogen) atoms. The van der Waals surface area contributed by atoms with Gasteiger partial charge in [-0.1, -0.05) is 36.8 Å². The molecule has 4 nitrogen and oxygen atoms in total. The highest BCUT2D eigenvalue weighted by atomic mass is 16.6. The first-order valence-corrected chi connectivity index (χ1v) is 7.94. The van der Waals surface area contributed by atoms with E-state index in [0.29, 0.717) is 12.5 Å². The maximum Gasteiger partial charge on any atom is 0.303 e. The maximum atomic E-state index is 12.7. The summed E-state index contributed by atoms with van der Waals surface area (Å²) in [5, 5.41) is 0. The van der Waals surface area contributed by atoms with Crippen molar-refractivity contribution < 1.29 is 14.3 Å². The Morgan fingerprint density at radius 2 is 1.86 bits per heavy atom. The number of hydrogen-bond donors (Lipinski definition) is 0. The zero-order valence-corrected chi connectivity index (χ0v) is 13.7. The topological polar surface area (TPSA) is 46.6 Å². The van der Waals surface area contributed by atoms with Crippen molar-refractivity contribution in [3.63, 3.8) is 0 Å². The van der Waals surface area contributed by atoms with E-state index in [1.807, 2.05) is 23.1 Å². The van der Waals surface area contributed by atoms with E-state index in [2.05, 4.69) is 12.1 Å². The van der Waals surface area contributed by atoms with E-state index in [-0.39, 0.29) is 5.91 Å². The summed E-state index contributed by atoms with van der Waals surface area (Å²) in [6.07, 6.45) is 3.18. The zero-order valence-electron chi connectivity index (χ0n) is 13.7. The van der Waals surface area contributed by atoms with Crippen LogP contribution in [-0.2, 0) is 14.3 Å². The molecule has 1 aliphatic heterocycles. The van der Waals surface area contributed by atoms with E-state index < -0.39 is 11.6 Å². The summed E-state index contributed by atoms with van der Waals surface area (Å²) >= 11 is 0. The maximum absolute atomic E-state index is 12.7. The minimum Gasteiger partial charge on any atom is -0.450 e. The molecular formula is C18H25NO3. The second kappa shape index (κ2) is 6.95. The van der Waals surface area contributed by atoms with E-state index in [1.165, 1.54) is 12.5 Å². The lowest BCUT2D eigenvalue weighted by Gasteiger charge is -2.32. The number of amides is 1. The molecule has 1 fully saturated rings. The number of likely N-dealkylation sites (tertiary alicyclic amines) is 1. The third kappa shape index (κ3) is 4.09. The van der Waals surface area contributed by atoms with Gasteiger partial charge in [-0.2, -0.15) is 0 Å². The summed E-state index contributed by atoms with van der Waals surface area (Å²) in [6.45, 7) is 6.09. The van der Waals surface area contributed by atoms with Gasteiger partial charge in [-0.25, -0.2) is 0 Å². The zero-order chi connectivity index (χ0) is 16.2. The SMILES string of the molecule is CC(=O)OC(C)(C)C(=O)N1CCCC[C@H](c2ccccc2)C1. The molecule has 0 spiro atoms. The van der Waals surface area contributed by atoms with Gasteiger partial charge in [-0.05, 0) is 32.3 Å². The number of benzene rings is 1. The number of hydrogen-bond acceptors (Lipinski definition) is 3. The fourth-order valence-corrected chi connectivity index (χ4v) is 3.11. The van der Waals surface area contributed by atoms with Gasteiger partial charge >= 0.3 is 5.97 Å². The number of rotatable bonds is 3. The number of ether oxygens (including phenoxy) is 1. The molecule has 1 aromatic rings.